The number of hydrogen-bond acceptors (Lipinski definition) is 2. The number of amides is 1. The lowest BCUT2D eigenvalue weighted by Gasteiger charge is -2.08. The first-order chi connectivity index (χ1) is 11.5. The minimum atomic E-state index is -0.452. The van der Waals surface area contributed by atoms with Gasteiger partial charge in [-0.2, -0.15) is 5.10 Å². The molecule has 0 aliphatic rings. The fraction of sp³-hybridized carbons (Fsp3) is 0.158. The maximum atomic E-state index is 13.6. The molecular formula is C19H18FN3O. The van der Waals surface area contributed by atoms with E-state index in [0.29, 0.717) is 12.1 Å². The Morgan fingerprint density at radius 2 is 1.83 bits per heavy atom. The van der Waals surface area contributed by atoms with Gasteiger partial charge in [-0.15, -0.1) is 0 Å². The zero-order chi connectivity index (χ0) is 17.1. The first-order valence-corrected chi connectivity index (χ1v) is 7.69. The van der Waals surface area contributed by atoms with E-state index >= 15 is 0 Å². The van der Waals surface area contributed by atoms with Crippen molar-refractivity contribution in [2.24, 2.45) is 0 Å². The number of carbonyl (C=O) groups is 1. The normalized spacial score (nSPS) is 10.6. The van der Waals surface area contributed by atoms with E-state index < -0.39 is 5.82 Å². The van der Waals surface area contributed by atoms with Gasteiger partial charge in [0.1, 0.15) is 5.82 Å². The highest BCUT2D eigenvalue weighted by molar-refractivity contribution is 6.04. The fourth-order valence-corrected chi connectivity index (χ4v) is 2.53. The highest BCUT2D eigenvalue weighted by Gasteiger charge is 2.09. The Morgan fingerprint density at radius 1 is 1.12 bits per heavy atom. The number of aryl methyl sites for hydroxylation is 2. The van der Waals surface area contributed by atoms with Gasteiger partial charge in [0.25, 0.3) is 5.91 Å². The Bertz CT molecular complexity index is 869. The molecule has 122 valence electrons. The number of nitrogens with one attached hydrogen (secondary N) is 1. The van der Waals surface area contributed by atoms with E-state index in [0.717, 1.165) is 17.0 Å². The molecule has 5 heteroatoms. The third kappa shape index (κ3) is 3.51. The second-order valence-corrected chi connectivity index (χ2v) is 5.72. The van der Waals surface area contributed by atoms with Crippen LogP contribution in [-0.4, -0.2) is 15.7 Å². The molecule has 3 rings (SSSR count). The van der Waals surface area contributed by atoms with Gasteiger partial charge in [0.05, 0.1) is 17.9 Å². The number of para-hydroxylation sites is 1. The van der Waals surface area contributed by atoms with Crippen LogP contribution < -0.4 is 5.32 Å². The zero-order valence-corrected chi connectivity index (χ0v) is 13.6. The topological polar surface area (TPSA) is 46.9 Å². The standard InChI is InChI=1S/C19H18FN3O/c1-13-11-14(2)23(22-13)12-15-7-9-16(10-8-15)19(24)21-18-6-4-3-5-17(18)20/h3-11H,12H2,1-2H3,(H,21,24). The Labute approximate surface area is 139 Å². The van der Waals surface area contributed by atoms with Crippen LogP contribution in [0.2, 0.25) is 0 Å². The van der Waals surface area contributed by atoms with E-state index in [4.69, 9.17) is 0 Å². The number of carbonyl (C=O) groups excluding carboxylic acids is 1. The van der Waals surface area contributed by atoms with Crippen molar-refractivity contribution in [3.8, 4) is 0 Å². The van der Waals surface area contributed by atoms with Crippen LogP contribution in [-0.2, 0) is 6.54 Å². The Morgan fingerprint density at radius 3 is 2.46 bits per heavy atom. The van der Waals surface area contributed by atoms with Gasteiger partial charge in [0, 0.05) is 11.3 Å². The van der Waals surface area contributed by atoms with E-state index in [9.17, 15) is 9.18 Å². The molecule has 0 aliphatic heterocycles. The van der Waals surface area contributed by atoms with E-state index in [1.54, 1.807) is 24.3 Å². The summed E-state index contributed by atoms with van der Waals surface area (Å²) in [6, 6.07) is 15.4. The summed E-state index contributed by atoms with van der Waals surface area (Å²) in [7, 11) is 0. The van der Waals surface area contributed by atoms with Crippen LogP contribution >= 0.6 is 0 Å². The molecule has 1 N–H and O–H groups in total. The maximum absolute atomic E-state index is 13.6. The predicted octanol–water partition coefficient (Wildman–Crippen LogP) is 3.94. The molecule has 24 heavy (non-hydrogen) atoms. The van der Waals surface area contributed by atoms with Crippen molar-refractivity contribution < 1.29 is 9.18 Å². The average molecular weight is 323 g/mol. The van der Waals surface area contributed by atoms with E-state index in [1.807, 2.05) is 36.7 Å². The lowest BCUT2D eigenvalue weighted by molar-refractivity contribution is 0.102. The summed E-state index contributed by atoms with van der Waals surface area (Å²) < 4.78 is 15.5. The summed E-state index contributed by atoms with van der Waals surface area (Å²) in [4.78, 5) is 12.2. The van der Waals surface area contributed by atoms with Gasteiger partial charge < -0.3 is 5.32 Å². The number of aromatic nitrogens is 2. The SMILES string of the molecule is Cc1cc(C)n(Cc2ccc(C(=O)Nc3ccccc3F)cc2)n1. The third-order valence-corrected chi connectivity index (χ3v) is 3.77. The van der Waals surface area contributed by atoms with Crippen LogP contribution in [0.4, 0.5) is 10.1 Å². The monoisotopic (exact) mass is 323 g/mol. The Balaban J connectivity index is 1.71. The van der Waals surface area contributed by atoms with Crippen LogP contribution in [0.25, 0.3) is 0 Å². The number of rotatable bonds is 4. The molecule has 0 spiro atoms. The molecule has 0 aliphatic carbocycles. The van der Waals surface area contributed by atoms with Crippen molar-refractivity contribution in [3.05, 3.63) is 82.9 Å². The van der Waals surface area contributed by atoms with Gasteiger partial charge in [-0.1, -0.05) is 24.3 Å². The first kappa shape index (κ1) is 15.9. The molecule has 0 atom stereocenters. The quantitative estimate of drug-likeness (QED) is 0.790. The van der Waals surface area contributed by atoms with Crippen LogP contribution in [0.5, 0.6) is 0 Å². The van der Waals surface area contributed by atoms with Gasteiger partial charge in [-0.3, -0.25) is 9.48 Å². The number of benzene rings is 2. The van der Waals surface area contributed by atoms with E-state index in [2.05, 4.69) is 10.4 Å². The molecule has 1 heterocycles. The number of halogens is 1. The van der Waals surface area contributed by atoms with Crippen molar-refractivity contribution in [3.63, 3.8) is 0 Å². The maximum Gasteiger partial charge on any atom is 0.255 e. The molecule has 1 amide bonds. The third-order valence-electron chi connectivity index (χ3n) is 3.77. The molecule has 3 aromatic rings. The van der Waals surface area contributed by atoms with Gasteiger partial charge in [0.2, 0.25) is 0 Å². The molecule has 0 bridgehead atoms. The minimum Gasteiger partial charge on any atom is -0.319 e. The van der Waals surface area contributed by atoms with Gasteiger partial charge in [0.15, 0.2) is 0 Å². The number of hydrogen-bond donors (Lipinski definition) is 1. The molecule has 0 radical (unpaired) electrons. The lowest BCUT2D eigenvalue weighted by atomic mass is 10.1. The summed E-state index contributed by atoms with van der Waals surface area (Å²) >= 11 is 0. The smallest absolute Gasteiger partial charge is 0.255 e. The van der Waals surface area contributed by atoms with Crippen molar-refractivity contribution in [2.45, 2.75) is 20.4 Å². The molecular weight excluding hydrogens is 305 g/mol. The first-order valence-electron chi connectivity index (χ1n) is 7.69. The summed E-state index contributed by atoms with van der Waals surface area (Å²) in [6.45, 7) is 4.62. The molecule has 2 aromatic carbocycles. The minimum absolute atomic E-state index is 0.175. The molecule has 0 fully saturated rings. The second kappa shape index (κ2) is 6.66. The number of nitrogens with zero attached hydrogens (tertiary/aromatic N) is 2. The molecule has 1 aromatic heterocycles. The van der Waals surface area contributed by atoms with Crippen molar-refractivity contribution in [1.82, 2.24) is 9.78 Å². The largest absolute Gasteiger partial charge is 0.319 e. The van der Waals surface area contributed by atoms with Crippen molar-refractivity contribution >= 4 is 11.6 Å². The van der Waals surface area contributed by atoms with Gasteiger partial charge in [-0.05, 0) is 49.7 Å². The second-order valence-electron chi connectivity index (χ2n) is 5.72. The van der Waals surface area contributed by atoms with Crippen LogP contribution in [0, 0.1) is 19.7 Å². The van der Waals surface area contributed by atoms with Crippen LogP contribution in [0.1, 0.15) is 27.3 Å². The highest BCUT2D eigenvalue weighted by atomic mass is 19.1. The molecule has 0 unspecified atom stereocenters. The predicted molar refractivity (Wildman–Crippen MR) is 91.6 cm³/mol. The van der Waals surface area contributed by atoms with Crippen molar-refractivity contribution in [1.29, 1.82) is 0 Å². The summed E-state index contributed by atoms with van der Waals surface area (Å²) in [5.41, 5.74) is 3.77. The summed E-state index contributed by atoms with van der Waals surface area (Å²) in [5, 5.41) is 7.00. The van der Waals surface area contributed by atoms with Crippen molar-refractivity contribution in [2.75, 3.05) is 5.32 Å². The average Bonchev–Trinajstić information content (AvgIpc) is 2.88. The number of anilines is 1. The van der Waals surface area contributed by atoms with E-state index in [1.165, 1.54) is 12.1 Å². The summed E-state index contributed by atoms with van der Waals surface area (Å²) in [5.74, 6) is -0.787. The summed E-state index contributed by atoms with van der Waals surface area (Å²) in [6.07, 6.45) is 0. The van der Waals surface area contributed by atoms with Crippen LogP contribution in [0.3, 0.4) is 0 Å². The molecule has 0 saturated heterocycles. The zero-order valence-electron chi connectivity index (χ0n) is 13.6. The lowest BCUT2D eigenvalue weighted by Crippen LogP contribution is -2.13. The Hall–Kier alpha value is -2.95. The van der Waals surface area contributed by atoms with Gasteiger partial charge >= 0.3 is 0 Å². The van der Waals surface area contributed by atoms with Crippen LogP contribution in [0.15, 0.2) is 54.6 Å². The molecule has 4 nitrogen and oxygen atoms in total. The van der Waals surface area contributed by atoms with Gasteiger partial charge in [-0.25, -0.2) is 4.39 Å². The molecule has 0 saturated carbocycles. The fourth-order valence-electron chi connectivity index (χ4n) is 2.53. The highest BCUT2D eigenvalue weighted by Crippen LogP contribution is 2.15. The van der Waals surface area contributed by atoms with E-state index in [-0.39, 0.29) is 11.6 Å². The Kier molecular flexibility index (Phi) is 4.42.